The van der Waals surface area contributed by atoms with Crippen molar-refractivity contribution in [2.75, 3.05) is 0 Å². The lowest BCUT2D eigenvalue weighted by atomic mass is 10.1. The summed E-state index contributed by atoms with van der Waals surface area (Å²) in [6.45, 7) is 1.98. The molecule has 1 heterocycles. The zero-order valence-electron chi connectivity index (χ0n) is 13.0. The van der Waals surface area contributed by atoms with E-state index >= 15 is 0 Å². The molecule has 8 heteroatoms. The quantitative estimate of drug-likeness (QED) is 0.613. The second-order valence-corrected chi connectivity index (χ2v) is 5.17. The summed E-state index contributed by atoms with van der Waals surface area (Å²) >= 11 is 0. The first kappa shape index (κ1) is 18.8. The fourth-order valence-corrected chi connectivity index (χ4v) is 2.13. The number of hydrogen-bond acceptors (Lipinski definition) is 2. The highest BCUT2D eigenvalue weighted by molar-refractivity contribution is 5.60. The SMILES string of the molecule is CCCc1ccc(-c2cc(F)c(OC(F)(F)C=C(F)F)c(F)c2)nc1. The molecule has 0 spiro atoms. The van der Waals surface area contributed by atoms with Crippen molar-refractivity contribution in [3.63, 3.8) is 0 Å². The Morgan fingerprint density at radius 2 is 1.80 bits per heavy atom. The molecule has 0 radical (unpaired) electrons. The van der Waals surface area contributed by atoms with Gasteiger partial charge in [0, 0.05) is 11.8 Å². The topological polar surface area (TPSA) is 22.1 Å². The molecule has 2 rings (SSSR count). The molecule has 0 aliphatic carbocycles. The molecule has 0 amide bonds. The average Bonchev–Trinajstić information content (AvgIpc) is 2.50. The molecule has 1 aromatic heterocycles. The number of ether oxygens (including phenoxy) is 1. The van der Waals surface area contributed by atoms with Gasteiger partial charge in [0.2, 0.25) is 0 Å². The summed E-state index contributed by atoms with van der Waals surface area (Å²) in [5.41, 5.74) is 1.17. The minimum absolute atomic E-state index is 0.000860. The molecule has 1 aromatic carbocycles. The van der Waals surface area contributed by atoms with Crippen LogP contribution in [0.2, 0.25) is 0 Å². The third kappa shape index (κ3) is 4.98. The van der Waals surface area contributed by atoms with Crippen molar-refractivity contribution in [2.45, 2.75) is 25.9 Å². The lowest BCUT2D eigenvalue weighted by Gasteiger charge is -2.15. The number of aromatic nitrogens is 1. The molecule has 2 aromatic rings. The highest BCUT2D eigenvalue weighted by Gasteiger charge is 2.33. The van der Waals surface area contributed by atoms with Crippen molar-refractivity contribution in [3.05, 3.63) is 59.8 Å². The standard InChI is InChI=1S/C17H13F6NO/c1-2-3-10-4-5-14(24-9-10)11-6-12(18)16(13(19)7-11)25-17(22,23)8-15(20)21/h4-9H,2-3H2,1H3. The van der Waals surface area contributed by atoms with Crippen LogP contribution in [-0.4, -0.2) is 11.1 Å². The van der Waals surface area contributed by atoms with Gasteiger partial charge < -0.3 is 4.74 Å². The summed E-state index contributed by atoms with van der Waals surface area (Å²) in [4.78, 5) is 4.06. The second-order valence-electron chi connectivity index (χ2n) is 5.17. The molecule has 25 heavy (non-hydrogen) atoms. The third-order valence-electron chi connectivity index (χ3n) is 3.17. The van der Waals surface area contributed by atoms with Crippen molar-refractivity contribution in [3.8, 4) is 17.0 Å². The normalized spacial score (nSPS) is 11.3. The summed E-state index contributed by atoms with van der Waals surface area (Å²) < 4.78 is 81.7. The molecule has 0 fully saturated rings. The fraction of sp³-hybridized carbons (Fsp3) is 0.235. The van der Waals surface area contributed by atoms with Crippen LogP contribution in [0, 0.1) is 11.6 Å². The lowest BCUT2D eigenvalue weighted by molar-refractivity contribution is -0.137. The zero-order chi connectivity index (χ0) is 18.6. The Bertz CT molecular complexity index is 746. The average molecular weight is 361 g/mol. The lowest BCUT2D eigenvalue weighted by Crippen LogP contribution is -2.23. The first-order chi connectivity index (χ1) is 11.7. The van der Waals surface area contributed by atoms with Crippen molar-refractivity contribution in [2.24, 2.45) is 0 Å². The van der Waals surface area contributed by atoms with Gasteiger partial charge in [-0.05, 0) is 30.2 Å². The Hall–Kier alpha value is -2.51. The molecule has 0 saturated carbocycles. The van der Waals surface area contributed by atoms with E-state index in [0.29, 0.717) is 0 Å². The molecule has 0 aliphatic heterocycles. The number of rotatable bonds is 6. The summed E-state index contributed by atoms with van der Waals surface area (Å²) in [5, 5.41) is 0. The van der Waals surface area contributed by atoms with Gasteiger partial charge >= 0.3 is 6.11 Å². The summed E-state index contributed by atoms with van der Waals surface area (Å²) in [6, 6.07) is 4.75. The maximum absolute atomic E-state index is 13.9. The smallest absolute Gasteiger partial charge is 0.423 e. The van der Waals surface area contributed by atoms with E-state index in [1.54, 1.807) is 12.3 Å². The minimum Gasteiger partial charge on any atom is -0.423 e. The van der Waals surface area contributed by atoms with E-state index < -0.39 is 35.6 Å². The van der Waals surface area contributed by atoms with Crippen molar-refractivity contribution in [1.82, 2.24) is 4.98 Å². The molecule has 0 bridgehead atoms. The van der Waals surface area contributed by atoms with Gasteiger partial charge in [0.05, 0.1) is 11.8 Å². The van der Waals surface area contributed by atoms with Gasteiger partial charge in [0.1, 0.15) is 0 Å². The van der Waals surface area contributed by atoms with E-state index in [0.717, 1.165) is 30.5 Å². The van der Waals surface area contributed by atoms with Crippen LogP contribution in [0.15, 0.2) is 42.6 Å². The molecule has 2 nitrogen and oxygen atoms in total. The molecule has 0 N–H and O–H groups in total. The molecule has 0 unspecified atom stereocenters. The van der Waals surface area contributed by atoms with Gasteiger partial charge in [-0.2, -0.15) is 17.6 Å². The highest BCUT2D eigenvalue weighted by atomic mass is 19.3. The largest absolute Gasteiger partial charge is 0.425 e. The predicted octanol–water partition coefficient (Wildman–Crippen LogP) is 5.73. The molecular formula is C17H13F6NO. The number of nitrogens with zero attached hydrogens (tertiary/aromatic N) is 1. The van der Waals surface area contributed by atoms with Crippen molar-refractivity contribution < 1.29 is 31.1 Å². The van der Waals surface area contributed by atoms with Crippen LogP contribution < -0.4 is 4.74 Å². The predicted molar refractivity (Wildman–Crippen MR) is 79.5 cm³/mol. The Kier molecular flexibility index (Phi) is 5.71. The number of hydrogen-bond donors (Lipinski definition) is 0. The number of halogens is 6. The second kappa shape index (κ2) is 7.58. The maximum Gasteiger partial charge on any atom is 0.425 e. The van der Waals surface area contributed by atoms with Gasteiger partial charge in [-0.25, -0.2) is 8.78 Å². The molecule has 0 saturated heterocycles. The number of pyridine rings is 1. The zero-order valence-corrected chi connectivity index (χ0v) is 13.0. The third-order valence-corrected chi connectivity index (χ3v) is 3.17. The van der Waals surface area contributed by atoms with Crippen LogP contribution in [0.25, 0.3) is 11.3 Å². The number of benzene rings is 1. The van der Waals surface area contributed by atoms with E-state index in [2.05, 4.69) is 9.72 Å². The number of alkyl halides is 2. The van der Waals surface area contributed by atoms with E-state index in [4.69, 9.17) is 0 Å². The molecule has 134 valence electrons. The Balaban J connectivity index is 2.32. The van der Waals surface area contributed by atoms with Crippen LogP contribution in [-0.2, 0) is 6.42 Å². The van der Waals surface area contributed by atoms with Crippen molar-refractivity contribution in [1.29, 1.82) is 0 Å². The van der Waals surface area contributed by atoms with Crippen LogP contribution in [0.3, 0.4) is 0 Å². The van der Waals surface area contributed by atoms with Gasteiger partial charge in [0.15, 0.2) is 17.4 Å². The van der Waals surface area contributed by atoms with Crippen LogP contribution >= 0.6 is 0 Å². The molecule has 0 aliphatic rings. The molecule has 0 atom stereocenters. The maximum atomic E-state index is 13.9. The van der Waals surface area contributed by atoms with Crippen LogP contribution in [0.5, 0.6) is 5.75 Å². The minimum atomic E-state index is -4.55. The number of aryl methyl sites for hydroxylation is 1. The monoisotopic (exact) mass is 361 g/mol. The van der Waals surface area contributed by atoms with Crippen molar-refractivity contribution >= 4 is 0 Å². The van der Waals surface area contributed by atoms with Gasteiger partial charge in [-0.3, -0.25) is 4.98 Å². The highest BCUT2D eigenvalue weighted by Crippen LogP contribution is 2.32. The van der Waals surface area contributed by atoms with Crippen LogP contribution in [0.1, 0.15) is 18.9 Å². The summed E-state index contributed by atoms with van der Waals surface area (Å²) in [5.74, 6) is -4.36. The van der Waals surface area contributed by atoms with Gasteiger partial charge in [0.25, 0.3) is 6.08 Å². The Labute approximate surface area is 139 Å². The Morgan fingerprint density at radius 1 is 1.16 bits per heavy atom. The van der Waals surface area contributed by atoms with E-state index in [-0.39, 0.29) is 11.3 Å². The van der Waals surface area contributed by atoms with E-state index in [1.165, 1.54) is 6.07 Å². The molecular weight excluding hydrogens is 348 g/mol. The van der Waals surface area contributed by atoms with E-state index in [9.17, 15) is 26.3 Å². The van der Waals surface area contributed by atoms with Gasteiger partial charge in [-0.1, -0.05) is 19.4 Å². The summed E-state index contributed by atoms with van der Waals surface area (Å²) in [6.07, 6.45) is -4.90. The first-order valence-corrected chi connectivity index (χ1v) is 7.27. The Morgan fingerprint density at radius 3 is 2.28 bits per heavy atom. The first-order valence-electron chi connectivity index (χ1n) is 7.27. The van der Waals surface area contributed by atoms with E-state index in [1.807, 2.05) is 6.92 Å². The van der Waals surface area contributed by atoms with Crippen LogP contribution in [0.4, 0.5) is 26.3 Å². The summed E-state index contributed by atoms with van der Waals surface area (Å²) in [7, 11) is 0. The van der Waals surface area contributed by atoms with Gasteiger partial charge in [-0.15, -0.1) is 0 Å². The fourth-order valence-electron chi connectivity index (χ4n) is 2.13.